The Morgan fingerprint density at radius 1 is 1.06 bits per heavy atom. The second-order valence-electron chi connectivity index (χ2n) is 8.69. The Kier molecular flexibility index (Phi) is 5.55. The number of hydrogen-bond donors (Lipinski definition) is 3. The SMILES string of the molecule is CCN1C(=C=Cc2c(C)[nH]n(-c3ccc(C(=O)O)cc3)c2=O)C(C)(C)c2cc(C(=O)O)ccc21. The van der Waals surface area contributed by atoms with E-state index in [1.54, 1.807) is 37.3 Å². The first-order chi connectivity index (χ1) is 16.1. The van der Waals surface area contributed by atoms with E-state index in [1.165, 1.54) is 16.8 Å². The van der Waals surface area contributed by atoms with Crippen LogP contribution in [0, 0.1) is 6.92 Å². The fraction of sp³-hybridized carbons (Fsp3) is 0.231. The molecule has 0 spiro atoms. The molecule has 3 N–H and O–H groups in total. The molecule has 8 heteroatoms. The number of nitrogens with zero attached hydrogens (tertiary/aromatic N) is 2. The van der Waals surface area contributed by atoms with Crippen molar-refractivity contribution in [2.75, 3.05) is 11.4 Å². The molecule has 4 rings (SSSR count). The second-order valence-corrected chi connectivity index (χ2v) is 8.69. The maximum atomic E-state index is 13.1. The molecule has 2 heterocycles. The smallest absolute Gasteiger partial charge is 0.335 e. The molecule has 0 radical (unpaired) electrons. The number of benzene rings is 2. The quantitative estimate of drug-likeness (QED) is 0.493. The second kappa shape index (κ2) is 8.24. The molecule has 0 saturated heterocycles. The first-order valence-corrected chi connectivity index (χ1v) is 10.8. The first kappa shape index (κ1) is 22.9. The number of allylic oxidation sites excluding steroid dienone is 1. The number of H-pyrrole nitrogens is 1. The molecule has 0 fully saturated rings. The Bertz CT molecular complexity index is 1430. The van der Waals surface area contributed by atoms with E-state index in [9.17, 15) is 19.5 Å². The van der Waals surface area contributed by atoms with Gasteiger partial charge >= 0.3 is 11.9 Å². The largest absolute Gasteiger partial charge is 0.478 e. The standard InChI is InChI=1S/C26H25N3O5/c1-5-28-21-12-8-17(25(33)34)14-20(21)26(3,4)22(28)13-11-19-15(2)27-29(23(19)30)18-9-6-16(7-10-18)24(31)32/h6-12,14,27H,5H2,1-4H3,(H,31,32)(H,33,34). The monoisotopic (exact) mass is 459 g/mol. The summed E-state index contributed by atoms with van der Waals surface area (Å²) in [6.45, 7) is 8.47. The number of fused-ring (bicyclic) bond motifs is 1. The number of rotatable bonds is 5. The minimum atomic E-state index is -1.03. The van der Waals surface area contributed by atoms with E-state index in [0.29, 0.717) is 23.5 Å². The molecular formula is C26H25N3O5. The summed E-state index contributed by atoms with van der Waals surface area (Å²) in [5, 5.41) is 21.5. The Morgan fingerprint density at radius 3 is 2.26 bits per heavy atom. The lowest BCUT2D eigenvalue weighted by Gasteiger charge is -2.23. The van der Waals surface area contributed by atoms with Crippen molar-refractivity contribution in [3.8, 4) is 5.69 Å². The number of likely N-dealkylation sites (N-methyl/N-ethyl adjacent to an activating group) is 1. The zero-order valence-corrected chi connectivity index (χ0v) is 19.3. The van der Waals surface area contributed by atoms with Crippen LogP contribution in [0.15, 0.2) is 58.7 Å². The highest BCUT2D eigenvalue weighted by Gasteiger charge is 2.40. The van der Waals surface area contributed by atoms with E-state index in [4.69, 9.17) is 5.11 Å². The first-order valence-electron chi connectivity index (χ1n) is 10.8. The van der Waals surface area contributed by atoms with Gasteiger partial charge in [-0.2, -0.15) is 0 Å². The Hall–Kier alpha value is -4.29. The summed E-state index contributed by atoms with van der Waals surface area (Å²) in [6, 6.07) is 11.1. The lowest BCUT2D eigenvalue weighted by atomic mass is 9.83. The van der Waals surface area contributed by atoms with Crippen LogP contribution in [0.1, 0.15) is 58.3 Å². The Morgan fingerprint density at radius 2 is 1.68 bits per heavy atom. The average molecular weight is 460 g/mol. The number of anilines is 1. The van der Waals surface area contributed by atoms with Gasteiger partial charge in [0, 0.05) is 23.3 Å². The highest BCUT2D eigenvalue weighted by Crippen LogP contribution is 2.47. The van der Waals surface area contributed by atoms with Crippen molar-refractivity contribution in [1.29, 1.82) is 0 Å². The summed E-state index contributed by atoms with van der Waals surface area (Å²) >= 11 is 0. The predicted octanol–water partition coefficient (Wildman–Crippen LogP) is 4.18. The van der Waals surface area contributed by atoms with Crippen molar-refractivity contribution in [1.82, 2.24) is 9.78 Å². The van der Waals surface area contributed by atoms with Crippen molar-refractivity contribution in [3.63, 3.8) is 0 Å². The number of nitrogens with one attached hydrogen (secondary N) is 1. The topological polar surface area (TPSA) is 116 Å². The molecule has 2 aromatic carbocycles. The number of aromatic nitrogens is 2. The van der Waals surface area contributed by atoms with Gasteiger partial charge in [-0.25, -0.2) is 14.3 Å². The van der Waals surface area contributed by atoms with Crippen molar-refractivity contribution >= 4 is 23.7 Å². The number of aromatic amines is 1. The molecule has 0 unspecified atom stereocenters. The molecule has 0 saturated carbocycles. The number of aryl methyl sites for hydroxylation is 1. The minimum absolute atomic E-state index is 0.138. The van der Waals surface area contributed by atoms with Crippen LogP contribution >= 0.6 is 0 Å². The van der Waals surface area contributed by atoms with Gasteiger partial charge in [-0.1, -0.05) is 5.73 Å². The zero-order chi connectivity index (χ0) is 24.8. The van der Waals surface area contributed by atoms with Crippen molar-refractivity contribution in [3.05, 3.63) is 92.2 Å². The van der Waals surface area contributed by atoms with E-state index in [-0.39, 0.29) is 16.7 Å². The molecule has 0 atom stereocenters. The minimum Gasteiger partial charge on any atom is -0.478 e. The van der Waals surface area contributed by atoms with Crippen LogP contribution in [0.4, 0.5) is 5.69 Å². The number of aromatic carboxylic acids is 2. The normalized spacial score (nSPS) is 14.0. The van der Waals surface area contributed by atoms with Gasteiger partial charge in [0.1, 0.15) is 0 Å². The van der Waals surface area contributed by atoms with E-state index < -0.39 is 17.4 Å². The van der Waals surface area contributed by atoms with E-state index in [0.717, 1.165) is 16.9 Å². The molecule has 0 aliphatic carbocycles. The average Bonchev–Trinajstić information content (AvgIpc) is 3.20. The molecule has 3 aromatic rings. The molecule has 1 aliphatic heterocycles. The third-order valence-corrected chi connectivity index (χ3v) is 6.23. The summed E-state index contributed by atoms with van der Waals surface area (Å²) in [4.78, 5) is 37.8. The van der Waals surface area contributed by atoms with Crippen LogP contribution in [-0.4, -0.2) is 38.5 Å². The van der Waals surface area contributed by atoms with Crippen molar-refractivity contribution < 1.29 is 19.8 Å². The molecule has 1 aromatic heterocycles. The van der Waals surface area contributed by atoms with Crippen LogP contribution in [-0.2, 0) is 5.41 Å². The van der Waals surface area contributed by atoms with Gasteiger partial charge in [-0.3, -0.25) is 9.89 Å². The van der Waals surface area contributed by atoms with Gasteiger partial charge in [-0.05, 0) is 81.8 Å². The van der Waals surface area contributed by atoms with Gasteiger partial charge < -0.3 is 15.1 Å². The molecule has 1 aliphatic rings. The number of carboxylic acid groups (broad SMARTS) is 2. The van der Waals surface area contributed by atoms with Gasteiger partial charge in [-0.15, -0.1) is 0 Å². The summed E-state index contributed by atoms with van der Waals surface area (Å²) in [7, 11) is 0. The molecule has 174 valence electrons. The molecule has 0 amide bonds. The van der Waals surface area contributed by atoms with E-state index in [2.05, 4.69) is 15.7 Å². The van der Waals surface area contributed by atoms with Crippen LogP contribution in [0.3, 0.4) is 0 Å². The third-order valence-electron chi connectivity index (χ3n) is 6.23. The van der Waals surface area contributed by atoms with E-state index in [1.807, 2.05) is 26.8 Å². The number of hydrogen-bond acceptors (Lipinski definition) is 4. The Balaban J connectivity index is 1.80. The molecule has 0 bridgehead atoms. The lowest BCUT2D eigenvalue weighted by molar-refractivity contribution is 0.0686. The summed E-state index contributed by atoms with van der Waals surface area (Å²) in [5.41, 5.74) is 7.15. The van der Waals surface area contributed by atoms with Crippen molar-refractivity contribution in [2.24, 2.45) is 0 Å². The summed E-state index contributed by atoms with van der Waals surface area (Å²) < 4.78 is 1.37. The number of carbonyl (C=O) groups is 2. The molecular weight excluding hydrogens is 434 g/mol. The van der Waals surface area contributed by atoms with Crippen LogP contribution in [0.5, 0.6) is 0 Å². The fourth-order valence-electron chi connectivity index (χ4n) is 4.38. The highest BCUT2D eigenvalue weighted by molar-refractivity contribution is 5.90. The highest BCUT2D eigenvalue weighted by atomic mass is 16.4. The summed E-state index contributed by atoms with van der Waals surface area (Å²) in [5.74, 6) is -2.01. The van der Waals surface area contributed by atoms with Crippen LogP contribution < -0.4 is 10.5 Å². The van der Waals surface area contributed by atoms with Gasteiger partial charge in [0.05, 0.1) is 28.1 Å². The van der Waals surface area contributed by atoms with Gasteiger partial charge in [0.25, 0.3) is 5.56 Å². The Labute approximate surface area is 196 Å². The van der Waals surface area contributed by atoms with Gasteiger partial charge in [0.15, 0.2) is 0 Å². The zero-order valence-electron chi connectivity index (χ0n) is 19.3. The third kappa shape index (κ3) is 3.64. The van der Waals surface area contributed by atoms with E-state index >= 15 is 0 Å². The molecule has 34 heavy (non-hydrogen) atoms. The van der Waals surface area contributed by atoms with Crippen LogP contribution in [0.25, 0.3) is 11.8 Å². The maximum absolute atomic E-state index is 13.1. The maximum Gasteiger partial charge on any atom is 0.335 e. The number of carboxylic acids is 2. The predicted molar refractivity (Wildman–Crippen MR) is 129 cm³/mol. The lowest BCUT2D eigenvalue weighted by Crippen LogP contribution is -2.25. The molecule has 8 nitrogen and oxygen atoms in total. The van der Waals surface area contributed by atoms with Gasteiger partial charge in [0.2, 0.25) is 0 Å². The van der Waals surface area contributed by atoms with Crippen molar-refractivity contribution in [2.45, 2.75) is 33.1 Å². The summed E-state index contributed by atoms with van der Waals surface area (Å²) in [6.07, 6.45) is 1.65. The van der Waals surface area contributed by atoms with Crippen LogP contribution in [0.2, 0.25) is 0 Å². The fourth-order valence-corrected chi connectivity index (χ4v) is 4.38.